The van der Waals surface area contributed by atoms with Crippen molar-refractivity contribution in [2.24, 2.45) is 5.92 Å². The Hall–Kier alpha value is -2.57. The number of benzene rings is 1. The van der Waals surface area contributed by atoms with E-state index in [2.05, 4.69) is 29.5 Å². The van der Waals surface area contributed by atoms with Gasteiger partial charge in [-0.3, -0.25) is 0 Å². The number of carbonyl (C=O) groups excluding carboxylic acids is 1. The smallest absolute Gasteiger partial charge is 0.407 e. The van der Waals surface area contributed by atoms with Crippen LogP contribution in [-0.2, 0) is 11.3 Å². The fourth-order valence-electron chi connectivity index (χ4n) is 2.59. The summed E-state index contributed by atoms with van der Waals surface area (Å²) in [7, 11) is 1.64. The van der Waals surface area contributed by atoms with Gasteiger partial charge < -0.3 is 14.8 Å². The van der Waals surface area contributed by atoms with Gasteiger partial charge in [0, 0.05) is 5.56 Å². The molecule has 0 saturated heterocycles. The summed E-state index contributed by atoms with van der Waals surface area (Å²) in [6, 6.07) is 7.56. The van der Waals surface area contributed by atoms with Gasteiger partial charge in [-0.25, -0.2) is 9.48 Å². The van der Waals surface area contributed by atoms with Gasteiger partial charge in [0.15, 0.2) is 0 Å². The van der Waals surface area contributed by atoms with E-state index in [9.17, 15) is 4.79 Å². The molecule has 0 radical (unpaired) electrons. The number of methoxy groups -OCH3 is 1. The van der Waals surface area contributed by atoms with Crippen molar-refractivity contribution < 1.29 is 14.3 Å². The van der Waals surface area contributed by atoms with Crippen molar-refractivity contribution in [1.29, 1.82) is 0 Å². The molecular formula is C20H30N4O3. The number of amides is 1. The Balaban J connectivity index is 2.08. The number of alkyl carbamates (subject to hydrolysis) is 1. The predicted molar refractivity (Wildman–Crippen MR) is 105 cm³/mol. The van der Waals surface area contributed by atoms with E-state index < -0.39 is 11.7 Å². The fourth-order valence-corrected chi connectivity index (χ4v) is 2.59. The molecule has 0 fully saturated rings. The molecular weight excluding hydrogens is 344 g/mol. The molecule has 7 heteroatoms. The Labute approximate surface area is 161 Å². The first kappa shape index (κ1) is 20.7. The molecule has 0 aliphatic heterocycles. The zero-order valence-electron chi connectivity index (χ0n) is 17.0. The zero-order valence-corrected chi connectivity index (χ0v) is 17.0. The molecule has 2 rings (SSSR count). The summed E-state index contributed by atoms with van der Waals surface area (Å²) in [5.41, 5.74) is 1.21. The van der Waals surface area contributed by atoms with Gasteiger partial charge in [0.1, 0.15) is 17.0 Å². The third kappa shape index (κ3) is 6.27. The van der Waals surface area contributed by atoms with E-state index in [4.69, 9.17) is 9.47 Å². The minimum atomic E-state index is -0.529. The van der Waals surface area contributed by atoms with Crippen LogP contribution in [-0.4, -0.2) is 39.8 Å². The maximum atomic E-state index is 12.2. The van der Waals surface area contributed by atoms with E-state index in [1.165, 1.54) is 0 Å². The molecule has 1 amide bonds. The quantitative estimate of drug-likeness (QED) is 0.795. The lowest BCUT2D eigenvalue weighted by Crippen LogP contribution is -2.44. The van der Waals surface area contributed by atoms with Gasteiger partial charge in [0.05, 0.1) is 25.9 Å². The van der Waals surface area contributed by atoms with Crippen LogP contribution in [0.5, 0.6) is 5.75 Å². The zero-order chi connectivity index (χ0) is 20.0. The van der Waals surface area contributed by atoms with Crippen molar-refractivity contribution >= 4 is 6.09 Å². The first-order valence-corrected chi connectivity index (χ1v) is 9.26. The van der Waals surface area contributed by atoms with Crippen molar-refractivity contribution in [3.05, 3.63) is 30.5 Å². The van der Waals surface area contributed by atoms with Crippen LogP contribution in [0.4, 0.5) is 4.79 Å². The number of ether oxygens (including phenoxy) is 2. The highest BCUT2D eigenvalue weighted by Crippen LogP contribution is 2.20. The summed E-state index contributed by atoms with van der Waals surface area (Å²) < 4.78 is 12.3. The van der Waals surface area contributed by atoms with E-state index in [0.717, 1.165) is 23.4 Å². The van der Waals surface area contributed by atoms with E-state index in [1.807, 2.05) is 51.2 Å². The molecule has 27 heavy (non-hydrogen) atoms. The first-order chi connectivity index (χ1) is 12.7. The summed E-state index contributed by atoms with van der Waals surface area (Å²) in [5, 5.41) is 11.4. The Morgan fingerprint density at radius 3 is 2.48 bits per heavy atom. The molecule has 0 aliphatic carbocycles. The minimum absolute atomic E-state index is 0.102. The summed E-state index contributed by atoms with van der Waals surface area (Å²) >= 11 is 0. The Morgan fingerprint density at radius 2 is 1.93 bits per heavy atom. The van der Waals surface area contributed by atoms with E-state index in [-0.39, 0.29) is 12.0 Å². The molecule has 1 heterocycles. The Morgan fingerprint density at radius 1 is 1.26 bits per heavy atom. The molecule has 1 N–H and O–H groups in total. The number of rotatable bonds is 7. The lowest BCUT2D eigenvalue weighted by molar-refractivity contribution is 0.0479. The number of carbonyl (C=O) groups is 1. The topological polar surface area (TPSA) is 78.3 Å². The predicted octanol–water partition coefficient (Wildman–Crippen LogP) is 3.89. The average Bonchev–Trinajstić information content (AvgIpc) is 3.07. The summed E-state index contributed by atoms with van der Waals surface area (Å²) in [6.45, 7) is 10.3. The van der Waals surface area contributed by atoms with E-state index in [0.29, 0.717) is 6.54 Å². The van der Waals surface area contributed by atoms with Gasteiger partial charge >= 0.3 is 6.09 Å². The van der Waals surface area contributed by atoms with Crippen LogP contribution in [0, 0.1) is 5.92 Å². The molecule has 0 spiro atoms. The standard InChI is InChI=1S/C20H30N4O3/c1-7-14(2)17(21-19(25)27-20(3,4)5)12-24-13-18(22-23-24)15-8-10-16(26-6)11-9-15/h8-11,13-14,17H,7,12H2,1-6H3,(H,21,25)/t14-,17-/m0/s1. The maximum absolute atomic E-state index is 12.2. The second-order valence-electron chi connectivity index (χ2n) is 7.69. The molecule has 2 atom stereocenters. The minimum Gasteiger partial charge on any atom is -0.497 e. The highest BCUT2D eigenvalue weighted by molar-refractivity contribution is 5.68. The molecule has 0 unspecified atom stereocenters. The number of hydrogen-bond donors (Lipinski definition) is 1. The van der Waals surface area contributed by atoms with E-state index >= 15 is 0 Å². The lowest BCUT2D eigenvalue weighted by atomic mass is 9.99. The van der Waals surface area contributed by atoms with E-state index in [1.54, 1.807) is 11.8 Å². The summed E-state index contributed by atoms with van der Waals surface area (Å²) in [5.74, 6) is 1.07. The highest BCUT2D eigenvalue weighted by Gasteiger charge is 2.23. The number of nitrogens with one attached hydrogen (secondary N) is 1. The molecule has 2 aromatic rings. The monoisotopic (exact) mass is 374 g/mol. The summed E-state index contributed by atoms with van der Waals surface area (Å²) in [4.78, 5) is 12.2. The van der Waals surface area contributed by atoms with Crippen LogP contribution in [0.25, 0.3) is 11.3 Å². The van der Waals surface area contributed by atoms with Gasteiger partial charge in [-0.15, -0.1) is 5.10 Å². The molecule has 0 saturated carbocycles. The molecule has 0 bridgehead atoms. The largest absolute Gasteiger partial charge is 0.497 e. The molecule has 0 aliphatic rings. The first-order valence-electron chi connectivity index (χ1n) is 9.26. The van der Waals surface area contributed by atoms with Crippen LogP contribution < -0.4 is 10.1 Å². The van der Waals surface area contributed by atoms with Gasteiger partial charge in [-0.1, -0.05) is 25.5 Å². The van der Waals surface area contributed by atoms with Crippen LogP contribution in [0.2, 0.25) is 0 Å². The average molecular weight is 374 g/mol. The van der Waals surface area contributed by atoms with Crippen molar-refractivity contribution in [2.75, 3.05) is 7.11 Å². The van der Waals surface area contributed by atoms with Crippen LogP contribution in [0.3, 0.4) is 0 Å². The van der Waals surface area contributed by atoms with Gasteiger partial charge in [-0.2, -0.15) is 0 Å². The maximum Gasteiger partial charge on any atom is 0.407 e. The van der Waals surface area contributed by atoms with Gasteiger partial charge in [-0.05, 0) is 51.0 Å². The Bertz CT molecular complexity index is 734. The normalized spacial score (nSPS) is 13.7. The number of aromatic nitrogens is 3. The van der Waals surface area contributed by atoms with Crippen molar-refractivity contribution in [2.45, 2.75) is 59.2 Å². The molecule has 1 aromatic heterocycles. The van der Waals surface area contributed by atoms with Crippen molar-refractivity contribution in [3.8, 4) is 17.0 Å². The molecule has 1 aromatic carbocycles. The second kappa shape index (κ2) is 8.88. The summed E-state index contributed by atoms with van der Waals surface area (Å²) in [6.07, 6.45) is 2.40. The molecule has 7 nitrogen and oxygen atoms in total. The number of nitrogens with zero attached hydrogens (tertiary/aromatic N) is 3. The highest BCUT2D eigenvalue weighted by atomic mass is 16.6. The van der Waals surface area contributed by atoms with Crippen LogP contribution >= 0.6 is 0 Å². The lowest BCUT2D eigenvalue weighted by Gasteiger charge is -2.26. The second-order valence-corrected chi connectivity index (χ2v) is 7.69. The Kier molecular flexibility index (Phi) is 6.82. The van der Waals surface area contributed by atoms with Crippen LogP contribution in [0.1, 0.15) is 41.0 Å². The fraction of sp³-hybridized carbons (Fsp3) is 0.550. The third-order valence-corrected chi connectivity index (χ3v) is 4.34. The van der Waals surface area contributed by atoms with Crippen molar-refractivity contribution in [1.82, 2.24) is 20.3 Å². The van der Waals surface area contributed by atoms with Gasteiger partial charge in [0.25, 0.3) is 0 Å². The SMILES string of the molecule is CC[C@H](C)[C@H](Cn1cc(-c2ccc(OC)cc2)nn1)NC(=O)OC(C)(C)C. The molecule has 148 valence electrons. The third-order valence-electron chi connectivity index (χ3n) is 4.34. The number of hydrogen-bond acceptors (Lipinski definition) is 5. The van der Waals surface area contributed by atoms with Gasteiger partial charge in [0.2, 0.25) is 0 Å². The van der Waals surface area contributed by atoms with Crippen molar-refractivity contribution in [3.63, 3.8) is 0 Å². The van der Waals surface area contributed by atoms with Crippen LogP contribution in [0.15, 0.2) is 30.5 Å².